The molecule has 116 valence electrons. The van der Waals surface area contributed by atoms with Crippen LogP contribution in [0.2, 0.25) is 0 Å². The topological polar surface area (TPSA) is 15.3 Å². The van der Waals surface area contributed by atoms with Crippen molar-refractivity contribution >= 4 is 11.8 Å². The van der Waals surface area contributed by atoms with Gasteiger partial charge in [-0.1, -0.05) is 13.8 Å². The Labute approximate surface area is 126 Å². The Morgan fingerprint density at radius 3 is 2.21 bits per heavy atom. The molecule has 2 unspecified atom stereocenters. The molecule has 0 aliphatic rings. The van der Waals surface area contributed by atoms with Crippen molar-refractivity contribution in [3.05, 3.63) is 0 Å². The summed E-state index contributed by atoms with van der Waals surface area (Å²) in [4.78, 5) is 2.53. The normalized spacial score (nSPS) is 17.5. The number of rotatable bonds is 9. The minimum Gasteiger partial charge on any atom is -0.311 e. The van der Waals surface area contributed by atoms with Gasteiger partial charge in [-0.3, -0.25) is 0 Å². The lowest BCUT2D eigenvalue weighted by Gasteiger charge is -2.38. The second-order valence-electron chi connectivity index (χ2n) is 7.31. The fraction of sp³-hybridized carbons (Fsp3) is 1.00. The summed E-state index contributed by atoms with van der Waals surface area (Å²) in [6.07, 6.45) is 4.69. The molecule has 0 fully saturated rings. The van der Waals surface area contributed by atoms with Crippen LogP contribution in [0.25, 0.3) is 0 Å². The number of thioether (sulfide) groups is 1. The minimum atomic E-state index is 0.208. The molecule has 2 atom stereocenters. The van der Waals surface area contributed by atoms with Crippen molar-refractivity contribution in [1.29, 1.82) is 0 Å². The third-order valence-electron chi connectivity index (χ3n) is 4.02. The maximum absolute atomic E-state index is 3.67. The smallest absolute Gasteiger partial charge is 0.00967 e. The first-order valence-electron chi connectivity index (χ1n) is 7.58. The zero-order valence-electron chi connectivity index (χ0n) is 14.5. The average molecular weight is 289 g/mol. The molecule has 0 aromatic rings. The fourth-order valence-corrected chi connectivity index (χ4v) is 2.61. The van der Waals surface area contributed by atoms with Gasteiger partial charge in [0.1, 0.15) is 0 Å². The molecule has 0 radical (unpaired) electrons. The number of nitrogens with one attached hydrogen (secondary N) is 1. The summed E-state index contributed by atoms with van der Waals surface area (Å²) in [5.41, 5.74) is 0.565. The molecule has 1 N–H and O–H groups in total. The van der Waals surface area contributed by atoms with Gasteiger partial charge in [0.2, 0.25) is 0 Å². The first kappa shape index (κ1) is 19.3. The number of nitrogens with zero attached hydrogens (tertiary/aromatic N) is 1. The van der Waals surface area contributed by atoms with E-state index in [1.165, 1.54) is 25.1 Å². The predicted octanol–water partition coefficient (Wildman–Crippen LogP) is 3.86. The molecule has 0 heterocycles. The number of hydrogen-bond acceptors (Lipinski definition) is 3. The molecule has 3 heteroatoms. The number of hydrogen-bond donors (Lipinski definition) is 1. The van der Waals surface area contributed by atoms with Crippen LogP contribution in [-0.4, -0.2) is 48.6 Å². The molecule has 0 saturated heterocycles. The van der Waals surface area contributed by atoms with Gasteiger partial charge >= 0.3 is 0 Å². The molecular weight excluding hydrogens is 252 g/mol. The van der Waals surface area contributed by atoms with E-state index in [1.54, 1.807) is 0 Å². The first-order chi connectivity index (χ1) is 8.63. The quantitative estimate of drug-likeness (QED) is 0.693. The average Bonchev–Trinajstić information content (AvgIpc) is 2.32. The van der Waals surface area contributed by atoms with Gasteiger partial charge in [0.15, 0.2) is 0 Å². The van der Waals surface area contributed by atoms with Gasteiger partial charge in [-0.15, -0.1) is 0 Å². The summed E-state index contributed by atoms with van der Waals surface area (Å²) in [5.74, 6) is 1.26. The van der Waals surface area contributed by atoms with Gasteiger partial charge < -0.3 is 10.2 Å². The second-order valence-corrected chi connectivity index (χ2v) is 8.30. The Kier molecular flexibility index (Phi) is 8.65. The second kappa shape index (κ2) is 8.53. The molecule has 0 bridgehead atoms. The first-order valence-corrected chi connectivity index (χ1v) is 8.97. The lowest BCUT2D eigenvalue weighted by Crippen LogP contribution is -2.48. The van der Waals surface area contributed by atoms with Gasteiger partial charge in [-0.2, -0.15) is 11.8 Å². The van der Waals surface area contributed by atoms with Crippen molar-refractivity contribution < 1.29 is 0 Å². The van der Waals surface area contributed by atoms with Crippen LogP contribution in [0.1, 0.15) is 54.4 Å². The SMILES string of the molecule is CCC(C)(CNC(C)(C)C)CN(C)C(C)CCSC. The van der Waals surface area contributed by atoms with Crippen LogP contribution in [0, 0.1) is 5.41 Å². The molecule has 0 rings (SSSR count). The highest BCUT2D eigenvalue weighted by atomic mass is 32.2. The standard InChI is InChI=1S/C16H36N2S/c1-9-16(6,12-17-15(3,4)5)13-18(7)14(2)10-11-19-8/h14,17H,9-13H2,1-8H3. The maximum atomic E-state index is 3.67. The van der Waals surface area contributed by atoms with Crippen molar-refractivity contribution in [2.45, 2.75) is 66.0 Å². The molecular formula is C16H36N2S. The molecule has 0 spiro atoms. The Balaban J connectivity index is 4.35. The summed E-state index contributed by atoms with van der Waals surface area (Å²) in [5, 5.41) is 3.67. The molecule has 0 aromatic carbocycles. The molecule has 2 nitrogen and oxygen atoms in total. The van der Waals surface area contributed by atoms with E-state index in [0.29, 0.717) is 11.5 Å². The van der Waals surface area contributed by atoms with Crippen LogP contribution in [0.4, 0.5) is 0 Å². The Bertz CT molecular complexity index is 237. The lowest BCUT2D eigenvalue weighted by molar-refractivity contribution is 0.138. The Hall–Kier alpha value is 0.270. The monoisotopic (exact) mass is 288 g/mol. The summed E-state index contributed by atoms with van der Waals surface area (Å²) < 4.78 is 0. The Morgan fingerprint density at radius 1 is 1.21 bits per heavy atom. The third-order valence-corrected chi connectivity index (χ3v) is 4.67. The minimum absolute atomic E-state index is 0.208. The van der Waals surface area contributed by atoms with Crippen molar-refractivity contribution in [2.24, 2.45) is 5.41 Å². The maximum Gasteiger partial charge on any atom is 0.00967 e. The molecule has 0 aliphatic heterocycles. The zero-order valence-corrected chi connectivity index (χ0v) is 15.3. The van der Waals surface area contributed by atoms with Gasteiger partial charge in [0, 0.05) is 24.7 Å². The van der Waals surface area contributed by atoms with Crippen LogP contribution in [0.5, 0.6) is 0 Å². The molecule has 0 aliphatic carbocycles. The van der Waals surface area contributed by atoms with Gasteiger partial charge in [-0.25, -0.2) is 0 Å². The fourth-order valence-electron chi connectivity index (χ4n) is 2.04. The van der Waals surface area contributed by atoms with Crippen molar-refractivity contribution in [3.63, 3.8) is 0 Å². The van der Waals surface area contributed by atoms with Crippen LogP contribution in [0.3, 0.4) is 0 Å². The highest BCUT2D eigenvalue weighted by Crippen LogP contribution is 2.23. The van der Waals surface area contributed by atoms with Crippen LogP contribution < -0.4 is 5.32 Å². The lowest BCUT2D eigenvalue weighted by atomic mass is 9.85. The van der Waals surface area contributed by atoms with Crippen LogP contribution in [0.15, 0.2) is 0 Å². The summed E-state index contributed by atoms with van der Waals surface area (Å²) in [6, 6.07) is 0.674. The van der Waals surface area contributed by atoms with E-state index in [0.717, 1.165) is 6.54 Å². The summed E-state index contributed by atoms with van der Waals surface area (Å²) >= 11 is 1.95. The van der Waals surface area contributed by atoms with Gasteiger partial charge in [0.05, 0.1) is 0 Å². The van der Waals surface area contributed by atoms with Crippen molar-refractivity contribution in [1.82, 2.24) is 10.2 Å². The van der Waals surface area contributed by atoms with E-state index in [9.17, 15) is 0 Å². The molecule has 0 saturated carbocycles. The van der Waals surface area contributed by atoms with Gasteiger partial charge in [-0.05, 0) is 65.0 Å². The van der Waals surface area contributed by atoms with Crippen molar-refractivity contribution in [3.8, 4) is 0 Å². The van der Waals surface area contributed by atoms with E-state index in [4.69, 9.17) is 0 Å². The van der Waals surface area contributed by atoms with E-state index in [1.807, 2.05) is 11.8 Å². The predicted molar refractivity (Wildman–Crippen MR) is 91.2 cm³/mol. The molecule has 0 amide bonds. The largest absolute Gasteiger partial charge is 0.311 e. The Morgan fingerprint density at radius 2 is 1.79 bits per heavy atom. The van der Waals surface area contributed by atoms with Gasteiger partial charge in [0.25, 0.3) is 0 Å². The van der Waals surface area contributed by atoms with E-state index < -0.39 is 0 Å². The highest BCUT2D eigenvalue weighted by molar-refractivity contribution is 7.98. The van der Waals surface area contributed by atoms with Crippen LogP contribution >= 0.6 is 11.8 Å². The molecule has 0 aromatic heterocycles. The summed E-state index contributed by atoms with van der Waals surface area (Å²) in [7, 11) is 2.27. The van der Waals surface area contributed by atoms with E-state index in [-0.39, 0.29) is 5.54 Å². The van der Waals surface area contributed by atoms with Crippen LogP contribution in [-0.2, 0) is 0 Å². The third kappa shape index (κ3) is 8.93. The van der Waals surface area contributed by atoms with Crippen molar-refractivity contribution in [2.75, 3.05) is 32.1 Å². The zero-order chi connectivity index (χ0) is 15.1. The summed E-state index contributed by atoms with van der Waals surface area (Å²) in [6.45, 7) is 16.1. The van der Waals surface area contributed by atoms with E-state index >= 15 is 0 Å². The molecule has 19 heavy (non-hydrogen) atoms. The highest BCUT2D eigenvalue weighted by Gasteiger charge is 2.27. The van der Waals surface area contributed by atoms with E-state index in [2.05, 4.69) is 65.1 Å².